The summed E-state index contributed by atoms with van der Waals surface area (Å²) in [6.07, 6.45) is 4.12. The van der Waals surface area contributed by atoms with Gasteiger partial charge in [-0.25, -0.2) is 4.98 Å². The van der Waals surface area contributed by atoms with Crippen molar-refractivity contribution in [2.24, 2.45) is 0 Å². The first-order valence-corrected chi connectivity index (χ1v) is 9.25. The second-order valence-electron chi connectivity index (χ2n) is 6.13. The summed E-state index contributed by atoms with van der Waals surface area (Å²) < 4.78 is 8.04. The minimum atomic E-state index is 0.510. The number of imidazole rings is 1. The van der Waals surface area contributed by atoms with Crippen molar-refractivity contribution in [1.29, 1.82) is 0 Å². The fourth-order valence-electron chi connectivity index (χ4n) is 3.00. The number of hydrogen-bond acceptors (Lipinski definition) is 2. The zero-order valence-electron chi connectivity index (χ0n) is 14.8. The Bertz CT molecular complexity index is 1070. The molecule has 0 aliphatic rings. The molecule has 0 spiro atoms. The summed E-state index contributed by atoms with van der Waals surface area (Å²) in [5, 5.41) is 0.622. The average Bonchev–Trinajstić information content (AvgIpc) is 3.06. The van der Waals surface area contributed by atoms with Crippen LogP contribution in [0.25, 0.3) is 23.2 Å². The molecule has 4 rings (SSSR count). The number of para-hydroxylation sites is 3. The van der Waals surface area contributed by atoms with Gasteiger partial charge in [-0.05, 0) is 35.9 Å². The summed E-state index contributed by atoms with van der Waals surface area (Å²) in [6, 6.07) is 25.9. The van der Waals surface area contributed by atoms with Crippen molar-refractivity contribution >= 4 is 34.8 Å². The third kappa shape index (κ3) is 4.04. The lowest BCUT2D eigenvalue weighted by Gasteiger charge is -2.10. The normalized spacial score (nSPS) is 11.3. The van der Waals surface area contributed by atoms with E-state index in [1.54, 1.807) is 0 Å². The van der Waals surface area contributed by atoms with Gasteiger partial charge in [-0.15, -0.1) is 0 Å². The molecule has 3 nitrogen and oxygen atoms in total. The van der Waals surface area contributed by atoms with Crippen LogP contribution in [0.5, 0.6) is 5.75 Å². The number of halogens is 1. The zero-order chi connectivity index (χ0) is 18.5. The third-order valence-corrected chi connectivity index (χ3v) is 4.63. The summed E-state index contributed by atoms with van der Waals surface area (Å²) in [6.45, 7) is 1.19. The van der Waals surface area contributed by atoms with Gasteiger partial charge in [0.15, 0.2) is 0 Å². The van der Waals surface area contributed by atoms with Crippen molar-refractivity contribution in [3.05, 3.63) is 95.3 Å². The molecule has 3 aromatic carbocycles. The van der Waals surface area contributed by atoms with Crippen LogP contribution in [0, 0.1) is 0 Å². The van der Waals surface area contributed by atoms with E-state index < -0.39 is 0 Å². The molecule has 0 bridgehead atoms. The van der Waals surface area contributed by atoms with Crippen LogP contribution < -0.4 is 4.74 Å². The second-order valence-corrected chi connectivity index (χ2v) is 6.54. The molecule has 0 saturated heterocycles. The maximum Gasteiger partial charge on any atom is 0.137 e. The van der Waals surface area contributed by atoms with Crippen LogP contribution in [0.2, 0.25) is 5.02 Å². The first kappa shape index (κ1) is 17.4. The van der Waals surface area contributed by atoms with E-state index in [2.05, 4.69) is 28.8 Å². The number of benzene rings is 3. The maximum atomic E-state index is 6.17. The van der Waals surface area contributed by atoms with Crippen molar-refractivity contribution in [3.63, 3.8) is 0 Å². The molecule has 0 fully saturated rings. The smallest absolute Gasteiger partial charge is 0.137 e. The van der Waals surface area contributed by atoms with E-state index in [4.69, 9.17) is 21.3 Å². The van der Waals surface area contributed by atoms with Crippen LogP contribution in [0.4, 0.5) is 0 Å². The van der Waals surface area contributed by atoms with E-state index in [1.165, 1.54) is 0 Å². The number of fused-ring (bicyclic) bond motifs is 1. The van der Waals surface area contributed by atoms with Crippen molar-refractivity contribution in [2.75, 3.05) is 6.61 Å². The third-order valence-electron chi connectivity index (χ3n) is 4.32. The Balaban J connectivity index is 1.58. The van der Waals surface area contributed by atoms with Gasteiger partial charge in [-0.1, -0.05) is 72.3 Å². The van der Waals surface area contributed by atoms with Crippen LogP contribution in [0.3, 0.4) is 0 Å². The first-order chi connectivity index (χ1) is 13.3. The molecular formula is C23H19ClN2O. The van der Waals surface area contributed by atoms with Crippen LogP contribution in [0.1, 0.15) is 11.4 Å². The average molecular weight is 375 g/mol. The standard InChI is InChI=1S/C23H19ClN2O/c24-19-10-4-7-13-22(19)27-17-16-26-21-12-6-5-11-20(21)25-23(26)15-14-18-8-2-1-3-9-18/h1-15H,16-17H2/b15-14+. The molecular weight excluding hydrogens is 356 g/mol. The molecule has 1 aromatic heterocycles. The molecule has 134 valence electrons. The Kier molecular flexibility index (Phi) is 5.22. The van der Waals surface area contributed by atoms with Crippen LogP contribution >= 0.6 is 11.6 Å². The highest BCUT2D eigenvalue weighted by molar-refractivity contribution is 6.32. The zero-order valence-corrected chi connectivity index (χ0v) is 15.5. The number of hydrogen-bond donors (Lipinski definition) is 0. The quantitative estimate of drug-likeness (QED) is 0.417. The molecule has 0 aliphatic heterocycles. The Labute approximate surface area is 163 Å². The first-order valence-electron chi connectivity index (χ1n) is 8.87. The van der Waals surface area contributed by atoms with E-state index in [-0.39, 0.29) is 0 Å². The predicted octanol–water partition coefficient (Wildman–Crippen LogP) is 5.94. The van der Waals surface area contributed by atoms with Gasteiger partial charge in [0.1, 0.15) is 18.2 Å². The molecule has 0 aliphatic carbocycles. The van der Waals surface area contributed by atoms with Crippen molar-refractivity contribution < 1.29 is 4.74 Å². The number of rotatable bonds is 6. The van der Waals surface area contributed by atoms with Crippen molar-refractivity contribution in [2.45, 2.75) is 6.54 Å². The second kappa shape index (κ2) is 8.11. The van der Waals surface area contributed by atoms with Crippen LogP contribution in [-0.2, 0) is 6.54 Å². The lowest BCUT2D eigenvalue weighted by atomic mass is 10.2. The fraction of sp³-hybridized carbons (Fsp3) is 0.0870. The van der Waals surface area contributed by atoms with E-state index in [1.807, 2.05) is 66.7 Å². The number of nitrogens with zero attached hydrogens (tertiary/aromatic N) is 2. The Morgan fingerprint density at radius 2 is 1.59 bits per heavy atom. The van der Waals surface area contributed by atoms with E-state index in [0.29, 0.717) is 23.9 Å². The Hall–Kier alpha value is -3.04. The molecule has 1 heterocycles. The SMILES string of the molecule is Clc1ccccc1OCCn1c(/C=C/c2ccccc2)nc2ccccc21. The summed E-state index contributed by atoms with van der Waals surface area (Å²) in [5.74, 6) is 1.60. The van der Waals surface area contributed by atoms with Gasteiger partial charge in [0.25, 0.3) is 0 Å². The van der Waals surface area contributed by atoms with E-state index in [9.17, 15) is 0 Å². The Morgan fingerprint density at radius 3 is 2.44 bits per heavy atom. The van der Waals surface area contributed by atoms with Gasteiger partial charge < -0.3 is 9.30 Å². The maximum absolute atomic E-state index is 6.17. The van der Waals surface area contributed by atoms with Crippen LogP contribution in [0.15, 0.2) is 78.9 Å². The summed E-state index contributed by atoms with van der Waals surface area (Å²) in [7, 11) is 0. The predicted molar refractivity (Wildman–Crippen MR) is 112 cm³/mol. The number of ether oxygens (including phenoxy) is 1. The minimum Gasteiger partial charge on any atom is -0.490 e. The highest BCUT2D eigenvalue weighted by Crippen LogP contribution is 2.23. The van der Waals surface area contributed by atoms with Crippen molar-refractivity contribution in [3.8, 4) is 5.75 Å². The van der Waals surface area contributed by atoms with Gasteiger partial charge in [-0.3, -0.25) is 0 Å². The molecule has 0 amide bonds. The van der Waals surface area contributed by atoms with Gasteiger partial charge in [0.2, 0.25) is 0 Å². The largest absolute Gasteiger partial charge is 0.490 e. The molecule has 27 heavy (non-hydrogen) atoms. The van der Waals surface area contributed by atoms with Gasteiger partial charge in [-0.2, -0.15) is 0 Å². The summed E-state index contributed by atoms with van der Waals surface area (Å²) in [5.41, 5.74) is 3.21. The van der Waals surface area contributed by atoms with E-state index >= 15 is 0 Å². The van der Waals surface area contributed by atoms with Gasteiger partial charge in [0.05, 0.1) is 22.6 Å². The lowest BCUT2D eigenvalue weighted by molar-refractivity contribution is 0.300. The molecule has 0 saturated carbocycles. The summed E-state index contributed by atoms with van der Waals surface area (Å²) in [4.78, 5) is 4.77. The topological polar surface area (TPSA) is 27.1 Å². The highest BCUT2D eigenvalue weighted by Gasteiger charge is 2.09. The molecule has 0 unspecified atom stereocenters. The lowest BCUT2D eigenvalue weighted by Crippen LogP contribution is -2.09. The van der Waals surface area contributed by atoms with Gasteiger partial charge in [0, 0.05) is 0 Å². The van der Waals surface area contributed by atoms with Gasteiger partial charge >= 0.3 is 0 Å². The monoisotopic (exact) mass is 374 g/mol. The Morgan fingerprint density at radius 1 is 0.852 bits per heavy atom. The van der Waals surface area contributed by atoms with Crippen molar-refractivity contribution in [1.82, 2.24) is 9.55 Å². The van der Waals surface area contributed by atoms with E-state index in [0.717, 1.165) is 22.4 Å². The molecule has 0 atom stereocenters. The number of aromatic nitrogens is 2. The minimum absolute atomic E-state index is 0.510. The highest BCUT2D eigenvalue weighted by atomic mass is 35.5. The fourth-order valence-corrected chi connectivity index (χ4v) is 3.19. The molecule has 0 radical (unpaired) electrons. The summed E-state index contributed by atoms with van der Waals surface area (Å²) >= 11 is 6.17. The van der Waals surface area contributed by atoms with Crippen LogP contribution in [-0.4, -0.2) is 16.2 Å². The molecule has 4 heteroatoms. The molecule has 0 N–H and O–H groups in total. The molecule has 4 aromatic rings.